The molecule has 0 bridgehead atoms. The number of aryl methyl sites for hydroxylation is 1. The number of nitrogens with two attached hydrogens (primary N) is 1. The molecule has 6 heteroatoms. The molecular weight excluding hydrogens is 286 g/mol. The van der Waals surface area contributed by atoms with E-state index in [0.29, 0.717) is 24.5 Å². The Morgan fingerprint density at radius 3 is 2.24 bits per heavy atom. The fourth-order valence-corrected chi connectivity index (χ4v) is 3.99. The summed E-state index contributed by atoms with van der Waals surface area (Å²) in [6, 6.07) is 7.22. The molecule has 1 saturated heterocycles. The standard InChI is InChI=1S/C15H25N3O2S/c1-2-17-10-12-18(13-11-17)21(19,20)15-7-5-14(6-8-15)4-3-9-16/h5-8H,2-4,9-13,16H2,1H3. The topological polar surface area (TPSA) is 66.6 Å². The summed E-state index contributed by atoms with van der Waals surface area (Å²) in [4.78, 5) is 2.66. The first-order chi connectivity index (χ1) is 10.1. The van der Waals surface area contributed by atoms with E-state index in [4.69, 9.17) is 5.73 Å². The van der Waals surface area contributed by atoms with E-state index in [1.54, 1.807) is 16.4 Å². The van der Waals surface area contributed by atoms with Gasteiger partial charge in [0.25, 0.3) is 0 Å². The Morgan fingerprint density at radius 1 is 1.10 bits per heavy atom. The maximum Gasteiger partial charge on any atom is 0.243 e. The van der Waals surface area contributed by atoms with Gasteiger partial charge in [-0.15, -0.1) is 0 Å². The van der Waals surface area contributed by atoms with Gasteiger partial charge in [-0.3, -0.25) is 0 Å². The molecule has 0 radical (unpaired) electrons. The van der Waals surface area contributed by atoms with Crippen molar-refractivity contribution in [2.45, 2.75) is 24.7 Å². The van der Waals surface area contributed by atoms with Gasteiger partial charge < -0.3 is 10.6 Å². The highest BCUT2D eigenvalue weighted by molar-refractivity contribution is 7.89. The first-order valence-corrected chi connectivity index (χ1v) is 9.03. The quantitative estimate of drug-likeness (QED) is 0.848. The molecule has 2 N–H and O–H groups in total. The van der Waals surface area contributed by atoms with Crippen molar-refractivity contribution >= 4 is 10.0 Å². The second-order valence-electron chi connectivity index (χ2n) is 5.37. The number of likely N-dealkylation sites (N-methyl/N-ethyl adjacent to an activating group) is 1. The lowest BCUT2D eigenvalue weighted by Crippen LogP contribution is -2.48. The van der Waals surface area contributed by atoms with Crippen LogP contribution in [-0.2, 0) is 16.4 Å². The Hall–Kier alpha value is -0.950. The smallest absolute Gasteiger partial charge is 0.243 e. The summed E-state index contributed by atoms with van der Waals surface area (Å²) in [5, 5.41) is 0. The normalized spacial score (nSPS) is 18.0. The first kappa shape index (κ1) is 16.4. The lowest BCUT2D eigenvalue weighted by Gasteiger charge is -2.33. The number of rotatable bonds is 6. The van der Waals surface area contributed by atoms with E-state index >= 15 is 0 Å². The highest BCUT2D eigenvalue weighted by Gasteiger charge is 2.27. The van der Waals surface area contributed by atoms with E-state index in [1.165, 1.54) is 0 Å². The van der Waals surface area contributed by atoms with Crippen LogP contribution in [0.25, 0.3) is 0 Å². The van der Waals surface area contributed by atoms with Crippen molar-refractivity contribution in [3.63, 3.8) is 0 Å². The largest absolute Gasteiger partial charge is 0.330 e. The summed E-state index contributed by atoms with van der Waals surface area (Å²) in [7, 11) is -3.35. The highest BCUT2D eigenvalue weighted by atomic mass is 32.2. The van der Waals surface area contributed by atoms with Crippen LogP contribution in [0.5, 0.6) is 0 Å². The van der Waals surface area contributed by atoms with Gasteiger partial charge in [0.15, 0.2) is 0 Å². The zero-order valence-electron chi connectivity index (χ0n) is 12.7. The fourth-order valence-electron chi connectivity index (χ4n) is 2.57. The first-order valence-electron chi connectivity index (χ1n) is 7.59. The van der Waals surface area contributed by atoms with Crippen molar-refractivity contribution in [2.24, 2.45) is 5.73 Å². The minimum absolute atomic E-state index is 0.393. The molecule has 0 unspecified atom stereocenters. The second kappa shape index (κ2) is 7.35. The maximum absolute atomic E-state index is 12.6. The second-order valence-corrected chi connectivity index (χ2v) is 7.31. The molecular formula is C15H25N3O2S. The Bertz CT molecular complexity index is 535. The Labute approximate surface area is 127 Å². The third-order valence-corrected chi connectivity index (χ3v) is 5.92. The molecule has 1 aromatic carbocycles. The van der Waals surface area contributed by atoms with Gasteiger partial charge in [0.1, 0.15) is 0 Å². The molecule has 0 amide bonds. The minimum atomic E-state index is -3.35. The van der Waals surface area contributed by atoms with E-state index in [1.807, 2.05) is 12.1 Å². The van der Waals surface area contributed by atoms with Crippen LogP contribution >= 0.6 is 0 Å². The van der Waals surface area contributed by atoms with Crippen LogP contribution in [-0.4, -0.2) is 56.9 Å². The predicted octanol–water partition coefficient (Wildman–Crippen LogP) is 0.904. The molecule has 2 rings (SSSR count). The SMILES string of the molecule is CCN1CCN(S(=O)(=O)c2ccc(CCCN)cc2)CC1. The van der Waals surface area contributed by atoms with Crippen molar-refractivity contribution in [1.29, 1.82) is 0 Å². The molecule has 0 atom stereocenters. The number of hydrogen-bond donors (Lipinski definition) is 1. The van der Waals surface area contributed by atoms with Gasteiger partial charge in [0, 0.05) is 26.2 Å². The van der Waals surface area contributed by atoms with Crippen LogP contribution in [0.3, 0.4) is 0 Å². The fraction of sp³-hybridized carbons (Fsp3) is 0.600. The number of piperazine rings is 1. The molecule has 0 aromatic heterocycles. The molecule has 0 aliphatic carbocycles. The molecule has 0 spiro atoms. The van der Waals surface area contributed by atoms with Gasteiger partial charge >= 0.3 is 0 Å². The number of hydrogen-bond acceptors (Lipinski definition) is 4. The van der Waals surface area contributed by atoms with Crippen LogP contribution in [0.4, 0.5) is 0 Å². The molecule has 1 heterocycles. The molecule has 1 aromatic rings. The molecule has 5 nitrogen and oxygen atoms in total. The van der Waals surface area contributed by atoms with Gasteiger partial charge in [-0.25, -0.2) is 8.42 Å². The summed E-state index contributed by atoms with van der Waals surface area (Å²) in [5.74, 6) is 0. The number of nitrogens with zero attached hydrogens (tertiary/aromatic N) is 2. The van der Waals surface area contributed by atoms with Crippen LogP contribution in [0.2, 0.25) is 0 Å². The average molecular weight is 311 g/mol. The van der Waals surface area contributed by atoms with Crippen molar-refractivity contribution in [3.05, 3.63) is 29.8 Å². The molecule has 1 aliphatic heterocycles. The van der Waals surface area contributed by atoms with Crippen molar-refractivity contribution in [2.75, 3.05) is 39.3 Å². The summed E-state index contributed by atoms with van der Waals surface area (Å²) >= 11 is 0. The van der Waals surface area contributed by atoms with Gasteiger partial charge in [-0.1, -0.05) is 19.1 Å². The summed E-state index contributed by atoms with van der Waals surface area (Å²) in [6.07, 6.45) is 1.82. The van der Waals surface area contributed by atoms with Crippen molar-refractivity contribution < 1.29 is 8.42 Å². The lowest BCUT2D eigenvalue weighted by atomic mass is 10.1. The molecule has 0 saturated carbocycles. The van der Waals surface area contributed by atoms with Crippen LogP contribution < -0.4 is 5.73 Å². The zero-order valence-corrected chi connectivity index (χ0v) is 13.5. The van der Waals surface area contributed by atoms with Gasteiger partial charge in [-0.05, 0) is 43.6 Å². The van der Waals surface area contributed by atoms with Crippen molar-refractivity contribution in [1.82, 2.24) is 9.21 Å². The number of sulfonamides is 1. The van der Waals surface area contributed by atoms with Gasteiger partial charge in [-0.2, -0.15) is 4.31 Å². The van der Waals surface area contributed by atoms with E-state index in [2.05, 4.69) is 11.8 Å². The van der Waals surface area contributed by atoms with Gasteiger partial charge in [0.2, 0.25) is 10.0 Å². The van der Waals surface area contributed by atoms with E-state index in [0.717, 1.165) is 38.0 Å². The zero-order chi connectivity index (χ0) is 15.3. The third-order valence-electron chi connectivity index (χ3n) is 4.01. The maximum atomic E-state index is 12.6. The average Bonchev–Trinajstić information content (AvgIpc) is 2.53. The summed E-state index contributed by atoms with van der Waals surface area (Å²) < 4.78 is 26.8. The van der Waals surface area contributed by atoms with Gasteiger partial charge in [0.05, 0.1) is 4.90 Å². The number of benzene rings is 1. The highest BCUT2D eigenvalue weighted by Crippen LogP contribution is 2.18. The van der Waals surface area contributed by atoms with E-state index < -0.39 is 10.0 Å². The molecule has 1 aliphatic rings. The molecule has 1 fully saturated rings. The van der Waals surface area contributed by atoms with Crippen LogP contribution in [0.15, 0.2) is 29.2 Å². The predicted molar refractivity (Wildman–Crippen MR) is 84.7 cm³/mol. The Balaban J connectivity index is 2.05. The van der Waals surface area contributed by atoms with E-state index in [-0.39, 0.29) is 0 Å². The lowest BCUT2D eigenvalue weighted by molar-refractivity contribution is 0.196. The third kappa shape index (κ3) is 4.03. The molecule has 21 heavy (non-hydrogen) atoms. The summed E-state index contributed by atoms with van der Waals surface area (Å²) in [5.41, 5.74) is 6.62. The van der Waals surface area contributed by atoms with E-state index in [9.17, 15) is 8.42 Å². The van der Waals surface area contributed by atoms with Crippen LogP contribution in [0, 0.1) is 0 Å². The Morgan fingerprint density at radius 2 is 1.71 bits per heavy atom. The monoisotopic (exact) mass is 311 g/mol. The minimum Gasteiger partial charge on any atom is -0.330 e. The molecule has 118 valence electrons. The van der Waals surface area contributed by atoms with Crippen molar-refractivity contribution in [3.8, 4) is 0 Å². The summed E-state index contributed by atoms with van der Waals surface area (Å²) in [6.45, 7) is 6.50. The Kier molecular flexibility index (Phi) is 5.75. The van der Waals surface area contributed by atoms with Crippen LogP contribution in [0.1, 0.15) is 18.9 Å².